The number of nitrogens with zero attached hydrogens (tertiary/aromatic N) is 1. The highest BCUT2D eigenvalue weighted by atomic mass is 79.9. The summed E-state index contributed by atoms with van der Waals surface area (Å²) in [6.07, 6.45) is 0. The number of amides is 1. The highest BCUT2D eigenvalue weighted by Crippen LogP contribution is 2.34. The molecule has 0 aromatic heterocycles. The number of carbonyl (C=O) groups excluding carboxylic acids is 1. The van der Waals surface area contributed by atoms with Crippen LogP contribution in [0.1, 0.15) is 6.92 Å². The second-order valence-corrected chi connectivity index (χ2v) is 7.51. The van der Waals surface area contributed by atoms with Gasteiger partial charge in [-0.15, -0.1) is 0 Å². The average molecular weight is 470 g/mol. The van der Waals surface area contributed by atoms with Gasteiger partial charge in [-0.1, -0.05) is 15.9 Å². The molecule has 1 heterocycles. The van der Waals surface area contributed by atoms with Crippen LogP contribution in [0.25, 0.3) is 0 Å². The Hall–Kier alpha value is 0.0500. The van der Waals surface area contributed by atoms with E-state index in [0.29, 0.717) is 12.6 Å². The lowest BCUT2D eigenvalue weighted by molar-refractivity contribution is -0.117. The predicted octanol–water partition coefficient (Wildman–Crippen LogP) is 3.21. The van der Waals surface area contributed by atoms with Crippen molar-refractivity contribution in [2.24, 2.45) is 0 Å². The molecule has 0 radical (unpaired) electrons. The van der Waals surface area contributed by atoms with Crippen LogP contribution in [0.3, 0.4) is 0 Å². The topological polar surface area (TPSA) is 44.4 Å². The monoisotopic (exact) mass is 467 g/mol. The van der Waals surface area contributed by atoms with Gasteiger partial charge in [0.25, 0.3) is 0 Å². The van der Waals surface area contributed by atoms with Gasteiger partial charge in [-0.2, -0.15) is 0 Å². The number of halogens is 3. The summed E-state index contributed by atoms with van der Waals surface area (Å²) in [7, 11) is 0. The first-order chi connectivity index (χ1) is 9.45. The maximum Gasteiger partial charge on any atom is 0.238 e. The fraction of sp³-hybridized carbons (Fsp3) is 0.462. The van der Waals surface area contributed by atoms with Gasteiger partial charge in [0, 0.05) is 39.1 Å². The molecule has 20 heavy (non-hydrogen) atoms. The number of benzene rings is 1. The first-order valence-electron chi connectivity index (χ1n) is 6.36. The molecule has 0 bridgehead atoms. The SMILES string of the molecule is CC1CN(CC(=O)Nc2c(Br)cc(Br)cc2Br)CCN1. The van der Waals surface area contributed by atoms with E-state index >= 15 is 0 Å². The Balaban J connectivity index is 1.98. The van der Waals surface area contributed by atoms with Gasteiger partial charge < -0.3 is 10.6 Å². The molecule has 0 aliphatic carbocycles. The van der Waals surface area contributed by atoms with Crippen LogP contribution in [-0.2, 0) is 4.79 Å². The highest BCUT2D eigenvalue weighted by Gasteiger charge is 2.19. The van der Waals surface area contributed by atoms with Crippen molar-refractivity contribution in [1.29, 1.82) is 0 Å². The van der Waals surface area contributed by atoms with Gasteiger partial charge in [0.05, 0.1) is 12.2 Å². The second-order valence-electron chi connectivity index (χ2n) is 4.88. The Morgan fingerprint density at radius 2 is 2.05 bits per heavy atom. The number of anilines is 1. The quantitative estimate of drug-likeness (QED) is 0.714. The van der Waals surface area contributed by atoms with Crippen LogP contribution in [-0.4, -0.2) is 43.0 Å². The molecular weight excluding hydrogens is 454 g/mol. The summed E-state index contributed by atoms with van der Waals surface area (Å²) in [6.45, 7) is 5.28. The van der Waals surface area contributed by atoms with Crippen LogP contribution < -0.4 is 10.6 Å². The first kappa shape index (κ1) is 16.4. The summed E-state index contributed by atoms with van der Waals surface area (Å²) < 4.78 is 2.65. The largest absolute Gasteiger partial charge is 0.323 e. The molecule has 1 unspecified atom stereocenters. The molecule has 1 aromatic rings. The van der Waals surface area contributed by atoms with Crippen molar-refractivity contribution in [3.8, 4) is 0 Å². The molecule has 1 atom stereocenters. The number of piperazine rings is 1. The van der Waals surface area contributed by atoms with Crippen molar-refractivity contribution < 1.29 is 4.79 Å². The number of nitrogens with one attached hydrogen (secondary N) is 2. The molecule has 1 amide bonds. The Morgan fingerprint density at radius 1 is 1.40 bits per heavy atom. The highest BCUT2D eigenvalue weighted by molar-refractivity contribution is 9.11. The summed E-state index contributed by atoms with van der Waals surface area (Å²) in [5, 5.41) is 6.32. The number of carbonyl (C=O) groups is 1. The van der Waals surface area contributed by atoms with Gasteiger partial charge >= 0.3 is 0 Å². The minimum atomic E-state index is 0.00261. The molecule has 1 aliphatic heterocycles. The van der Waals surface area contributed by atoms with E-state index in [0.717, 1.165) is 38.7 Å². The predicted molar refractivity (Wildman–Crippen MR) is 92.1 cm³/mol. The Labute approximate surface area is 144 Å². The van der Waals surface area contributed by atoms with Gasteiger partial charge in [0.1, 0.15) is 0 Å². The number of hydrogen-bond donors (Lipinski definition) is 2. The molecule has 110 valence electrons. The fourth-order valence-electron chi connectivity index (χ4n) is 2.20. The molecule has 1 saturated heterocycles. The summed E-state index contributed by atoms with van der Waals surface area (Å²) in [5.41, 5.74) is 0.765. The van der Waals surface area contributed by atoms with E-state index in [1.54, 1.807) is 0 Å². The lowest BCUT2D eigenvalue weighted by atomic mass is 10.2. The zero-order valence-corrected chi connectivity index (χ0v) is 15.8. The van der Waals surface area contributed by atoms with E-state index in [2.05, 4.69) is 70.2 Å². The summed E-state index contributed by atoms with van der Waals surface area (Å²) in [6, 6.07) is 4.25. The van der Waals surface area contributed by atoms with Crippen molar-refractivity contribution in [2.45, 2.75) is 13.0 Å². The van der Waals surface area contributed by atoms with Crippen molar-refractivity contribution >= 4 is 59.4 Å². The van der Waals surface area contributed by atoms with Crippen molar-refractivity contribution in [1.82, 2.24) is 10.2 Å². The third-order valence-corrected chi connectivity index (χ3v) is 4.80. The Morgan fingerprint density at radius 3 is 2.65 bits per heavy atom. The lowest BCUT2D eigenvalue weighted by Crippen LogP contribution is -2.51. The van der Waals surface area contributed by atoms with E-state index in [-0.39, 0.29) is 5.91 Å². The van der Waals surface area contributed by atoms with Gasteiger partial charge in [-0.25, -0.2) is 0 Å². The minimum Gasteiger partial charge on any atom is -0.323 e. The third kappa shape index (κ3) is 4.53. The number of rotatable bonds is 3. The van der Waals surface area contributed by atoms with Crippen LogP contribution in [0.15, 0.2) is 25.6 Å². The van der Waals surface area contributed by atoms with Gasteiger partial charge in [-0.05, 0) is 50.9 Å². The molecule has 1 fully saturated rings. The molecule has 0 saturated carbocycles. The van der Waals surface area contributed by atoms with Crippen LogP contribution >= 0.6 is 47.8 Å². The Kier molecular flexibility index (Phi) is 6.04. The molecule has 4 nitrogen and oxygen atoms in total. The van der Waals surface area contributed by atoms with E-state index in [4.69, 9.17) is 0 Å². The summed E-state index contributed by atoms with van der Waals surface area (Å²) >= 11 is 10.3. The van der Waals surface area contributed by atoms with E-state index in [1.807, 2.05) is 12.1 Å². The zero-order valence-electron chi connectivity index (χ0n) is 11.0. The van der Waals surface area contributed by atoms with Crippen LogP contribution in [0.5, 0.6) is 0 Å². The smallest absolute Gasteiger partial charge is 0.238 e. The lowest BCUT2D eigenvalue weighted by Gasteiger charge is -2.31. The van der Waals surface area contributed by atoms with E-state index in [9.17, 15) is 4.79 Å². The maximum absolute atomic E-state index is 12.2. The molecule has 1 aromatic carbocycles. The van der Waals surface area contributed by atoms with E-state index < -0.39 is 0 Å². The van der Waals surface area contributed by atoms with Crippen LogP contribution in [0.2, 0.25) is 0 Å². The zero-order chi connectivity index (χ0) is 14.7. The standard InChI is InChI=1S/C13H16Br3N3O/c1-8-6-19(3-2-17-8)7-12(20)18-13-10(15)4-9(14)5-11(13)16/h4-5,8,17H,2-3,6-7H2,1H3,(H,18,20). The molecular formula is C13H16Br3N3O. The van der Waals surface area contributed by atoms with Crippen molar-refractivity contribution in [3.05, 3.63) is 25.6 Å². The van der Waals surface area contributed by atoms with Crippen molar-refractivity contribution in [2.75, 3.05) is 31.5 Å². The summed E-state index contributed by atoms with van der Waals surface area (Å²) in [5.74, 6) is 0.00261. The molecule has 7 heteroatoms. The Bertz CT molecular complexity index is 487. The molecule has 1 aliphatic rings. The van der Waals surface area contributed by atoms with E-state index in [1.165, 1.54) is 0 Å². The normalized spacial score (nSPS) is 19.9. The third-order valence-electron chi connectivity index (χ3n) is 3.09. The van der Waals surface area contributed by atoms with Gasteiger partial charge in [0.2, 0.25) is 5.91 Å². The average Bonchev–Trinajstić information content (AvgIpc) is 2.33. The number of hydrogen-bond acceptors (Lipinski definition) is 3. The van der Waals surface area contributed by atoms with Gasteiger partial charge in [0.15, 0.2) is 0 Å². The molecule has 2 N–H and O–H groups in total. The van der Waals surface area contributed by atoms with Crippen LogP contribution in [0.4, 0.5) is 5.69 Å². The summed E-state index contributed by atoms with van der Waals surface area (Å²) in [4.78, 5) is 14.3. The van der Waals surface area contributed by atoms with Crippen LogP contribution in [0, 0.1) is 0 Å². The maximum atomic E-state index is 12.2. The minimum absolute atomic E-state index is 0.00261. The molecule has 2 rings (SSSR count). The second kappa shape index (κ2) is 7.35. The first-order valence-corrected chi connectivity index (χ1v) is 8.73. The van der Waals surface area contributed by atoms with Crippen molar-refractivity contribution in [3.63, 3.8) is 0 Å². The fourth-order valence-corrected chi connectivity index (χ4v) is 4.66. The van der Waals surface area contributed by atoms with Gasteiger partial charge in [-0.3, -0.25) is 9.69 Å². The molecule has 0 spiro atoms.